The lowest BCUT2D eigenvalue weighted by atomic mass is 10.1. The van der Waals surface area contributed by atoms with Crippen molar-refractivity contribution in [2.24, 2.45) is 0 Å². The topological polar surface area (TPSA) is 44.0 Å². The molecular weight excluding hydrogens is 181 g/mol. The Kier molecular flexibility index (Phi) is 3.67. The number of nitrogens with zero attached hydrogens (tertiary/aromatic N) is 1. The number of hydrogen-bond acceptors (Lipinski definition) is 2. The number of aliphatic hydroxyl groups is 1. The zero-order valence-corrected chi connectivity index (χ0v) is 7.42. The summed E-state index contributed by atoms with van der Waals surface area (Å²) in [5.74, 6) is 4.55. The van der Waals surface area contributed by atoms with Crippen LogP contribution in [0, 0.1) is 29.0 Å². The summed E-state index contributed by atoms with van der Waals surface area (Å²) in [5.41, 5.74) is 0.179. The van der Waals surface area contributed by atoms with Crippen molar-refractivity contribution < 1.29 is 9.50 Å². The van der Waals surface area contributed by atoms with Crippen LogP contribution in [0.2, 0.25) is 0 Å². The fourth-order valence-electron chi connectivity index (χ4n) is 0.928. The standard InChI is InChI=1S/C11H8FNO/c12-11-9(4-1-2-7-14)5-3-6-10(11)8-13/h3,5-6,14H,2,7H2. The molecule has 2 nitrogen and oxygen atoms in total. The highest BCUT2D eigenvalue weighted by atomic mass is 19.1. The van der Waals surface area contributed by atoms with Crippen LogP contribution < -0.4 is 0 Å². The normalized spacial score (nSPS) is 8.64. The highest BCUT2D eigenvalue weighted by Crippen LogP contribution is 2.10. The van der Waals surface area contributed by atoms with Crippen molar-refractivity contribution in [3.63, 3.8) is 0 Å². The maximum Gasteiger partial charge on any atom is 0.156 e. The van der Waals surface area contributed by atoms with Crippen LogP contribution >= 0.6 is 0 Å². The second kappa shape index (κ2) is 5.01. The van der Waals surface area contributed by atoms with Crippen LogP contribution in [0.3, 0.4) is 0 Å². The molecule has 70 valence electrons. The van der Waals surface area contributed by atoms with Crippen LogP contribution in [-0.4, -0.2) is 11.7 Å². The molecule has 0 saturated heterocycles. The molecular formula is C11H8FNO. The number of aliphatic hydroxyl groups excluding tert-OH is 1. The monoisotopic (exact) mass is 189 g/mol. The summed E-state index contributed by atoms with van der Waals surface area (Å²) < 4.78 is 13.3. The number of benzene rings is 1. The molecule has 1 aromatic carbocycles. The SMILES string of the molecule is N#Cc1cccc(C#CCCO)c1F. The predicted molar refractivity (Wildman–Crippen MR) is 49.7 cm³/mol. The van der Waals surface area contributed by atoms with Crippen LogP contribution in [0.4, 0.5) is 4.39 Å². The minimum absolute atomic E-state index is 0.0131. The Bertz CT molecular complexity index is 423. The van der Waals surface area contributed by atoms with Crippen molar-refractivity contribution in [1.82, 2.24) is 0 Å². The summed E-state index contributed by atoms with van der Waals surface area (Å²) in [6.07, 6.45) is 0.302. The molecule has 1 N–H and O–H groups in total. The third-order valence-electron chi connectivity index (χ3n) is 1.58. The van der Waals surface area contributed by atoms with E-state index in [0.29, 0.717) is 6.42 Å². The molecule has 0 saturated carbocycles. The summed E-state index contributed by atoms with van der Waals surface area (Å²) in [5, 5.41) is 17.0. The van der Waals surface area contributed by atoms with Crippen molar-refractivity contribution >= 4 is 0 Å². The van der Waals surface area contributed by atoms with Crippen molar-refractivity contribution in [3.8, 4) is 17.9 Å². The van der Waals surface area contributed by atoms with Gasteiger partial charge in [-0.2, -0.15) is 5.26 Å². The molecule has 0 unspecified atom stereocenters. The van der Waals surface area contributed by atoms with Crippen LogP contribution in [0.15, 0.2) is 18.2 Å². The maximum absolute atomic E-state index is 13.3. The first-order valence-electron chi connectivity index (χ1n) is 4.08. The summed E-state index contributed by atoms with van der Waals surface area (Å²) in [6, 6.07) is 6.20. The Morgan fingerprint density at radius 1 is 1.36 bits per heavy atom. The van der Waals surface area contributed by atoms with Crippen LogP contribution in [-0.2, 0) is 0 Å². The molecule has 0 aromatic heterocycles. The van der Waals surface area contributed by atoms with Crippen LogP contribution in [0.25, 0.3) is 0 Å². The van der Waals surface area contributed by atoms with E-state index >= 15 is 0 Å². The Hall–Kier alpha value is -1.84. The number of hydrogen-bond donors (Lipinski definition) is 1. The summed E-state index contributed by atoms with van der Waals surface area (Å²) in [4.78, 5) is 0. The third-order valence-corrected chi connectivity index (χ3v) is 1.58. The summed E-state index contributed by atoms with van der Waals surface area (Å²) in [7, 11) is 0. The molecule has 0 aliphatic heterocycles. The minimum atomic E-state index is -0.597. The van der Waals surface area contributed by atoms with E-state index in [9.17, 15) is 4.39 Å². The number of rotatable bonds is 1. The Morgan fingerprint density at radius 3 is 2.71 bits per heavy atom. The van der Waals surface area contributed by atoms with E-state index in [2.05, 4.69) is 11.8 Å². The fourth-order valence-corrected chi connectivity index (χ4v) is 0.928. The zero-order chi connectivity index (χ0) is 10.4. The van der Waals surface area contributed by atoms with Crippen molar-refractivity contribution in [2.75, 3.05) is 6.61 Å². The van der Waals surface area contributed by atoms with Gasteiger partial charge in [-0.05, 0) is 12.1 Å². The van der Waals surface area contributed by atoms with Gasteiger partial charge in [-0.15, -0.1) is 0 Å². The lowest BCUT2D eigenvalue weighted by molar-refractivity contribution is 0.305. The van der Waals surface area contributed by atoms with Gasteiger partial charge in [-0.25, -0.2) is 4.39 Å². The van der Waals surface area contributed by atoms with Gasteiger partial charge in [-0.3, -0.25) is 0 Å². The molecule has 3 heteroatoms. The first-order valence-corrected chi connectivity index (χ1v) is 4.08. The van der Waals surface area contributed by atoms with Crippen LogP contribution in [0.5, 0.6) is 0 Å². The van der Waals surface area contributed by atoms with Gasteiger partial charge < -0.3 is 5.11 Å². The van der Waals surface area contributed by atoms with Gasteiger partial charge in [0.1, 0.15) is 6.07 Å². The van der Waals surface area contributed by atoms with Crippen molar-refractivity contribution in [1.29, 1.82) is 5.26 Å². The fraction of sp³-hybridized carbons (Fsp3) is 0.182. The molecule has 0 spiro atoms. The second-order valence-electron chi connectivity index (χ2n) is 2.55. The van der Waals surface area contributed by atoms with Gasteiger partial charge in [0.15, 0.2) is 5.82 Å². The average molecular weight is 189 g/mol. The van der Waals surface area contributed by atoms with Crippen molar-refractivity contribution in [2.45, 2.75) is 6.42 Å². The molecule has 1 rings (SSSR count). The molecule has 1 aromatic rings. The van der Waals surface area contributed by atoms with E-state index in [1.807, 2.05) is 0 Å². The first-order chi connectivity index (χ1) is 6.79. The highest BCUT2D eigenvalue weighted by Gasteiger charge is 2.03. The Balaban J connectivity index is 3.01. The minimum Gasteiger partial charge on any atom is -0.395 e. The Labute approximate surface area is 81.6 Å². The molecule has 0 aliphatic rings. The number of halogens is 1. The van der Waals surface area contributed by atoms with Gasteiger partial charge in [0, 0.05) is 6.42 Å². The van der Waals surface area contributed by atoms with E-state index in [1.165, 1.54) is 12.1 Å². The second-order valence-corrected chi connectivity index (χ2v) is 2.55. The molecule has 0 bridgehead atoms. The quantitative estimate of drug-likeness (QED) is 0.679. The average Bonchev–Trinajstić information content (AvgIpc) is 2.21. The lowest BCUT2D eigenvalue weighted by Gasteiger charge is -1.95. The maximum atomic E-state index is 13.3. The largest absolute Gasteiger partial charge is 0.395 e. The van der Waals surface area contributed by atoms with Crippen molar-refractivity contribution in [3.05, 3.63) is 35.1 Å². The molecule has 0 atom stereocenters. The molecule has 14 heavy (non-hydrogen) atoms. The van der Waals surface area contributed by atoms with E-state index in [0.717, 1.165) is 0 Å². The van der Waals surface area contributed by atoms with E-state index in [4.69, 9.17) is 10.4 Å². The van der Waals surface area contributed by atoms with E-state index in [1.54, 1.807) is 12.1 Å². The van der Waals surface area contributed by atoms with E-state index < -0.39 is 5.82 Å². The van der Waals surface area contributed by atoms with Gasteiger partial charge in [0.2, 0.25) is 0 Å². The first kappa shape index (κ1) is 10.2. The highest BCUT2D eigenvalue weighted by molar-refractivity contribution is 5.43. The summed E-state index contributed by atoms with van der Waals surface area (Å²) in [6.45, 7) is -0.0490. The van der Waals surface area contributed by atoms with Gasteiger partial charge in [0.25, 0.3) is 0 Å². The Morgan fingerprint density at radius 2 is 2.07 bits per heavy atom. The van der Waals surface area contributed by atoms with E-state index in [-0.39, 0.29) is 17.7 Å². The van der Waals surface area contributed by atoms with Crippen LogP contribution in [0.1, 0.15) is 17.5 Å². The molecule has 0 amide bonds. The molecule has 0 radical (unpaired) electrons. The van der Waals surface area contributed by atoms with Gasteiger partial charge in [0.05, 0.1) is 17.7 Å². The number of nitriles is 1. The summed E-state index contributed by atoms with van der Waals surface area (Å²) >= 11 is 0. The lowest BCUT2D eigenvalue weighted by Crippen LogP contribution is -1.88. The predicted octanol–water partition coefficient (Wildman–Crippen LogP) is 1.43. The smallest absolute Gasteiger partial charge is 0.156 e. The third kappa shape index (κ3) is 2.32. The zero-order valence-electron chi connectivity index (χ0n) is 7.42. The van der Waals surface area contributed by atoms with Gasteiger partial charge >= 0.3 is 0 Å². The molecule has 0 fully saturated rings. The molecule has 0 aliphatic carbocycles. The van der Waals surface area contributed by atoms with Gasteiger partial charge in [-0.1, -0.05) is 17.9 Å². The molecule has 0 heterocycles.